The molecule has 3 rings (SSSR count). The molecule has 2 aliphatic rings. The number of ether oxygens (including phenoxy) is 2. The summed E-state index contributed by atoms with van der Waals surface area (Å²) in [5, 5.41) is 9.14. The van der Waals surface area contributed by atoms with Gasteiger partial charge in [-0.1, -0.05) is 6.07 Å². The predicted molar refractivity (Wildman–Crippen MR) is 132 cm³/mol. The molecule has 0 aromatic carbocycles. The average molecular weight is 537 g/mol. The van der Waals surface area contributed by atoms with Gasteiger partial charge in [0, 0.05) is 44.3 Å². The van der Waals surface area contributed by atoms with E-state index < -0.39 is 0 Å². The fourth-order valence-electron chi connectivity index (χ4n) is 4.20. The summed E-state index contributed by atoms with van der Waals surface area (Å²) < 4.78 is 11.3. The highest BCUT2D eigenvalue weighted by molar-refractivity contribution is 14.0. The second-order valence-electron chi connectivity index (χ2n) is 7.79. The fraction of sp³-hybridized carbons (Fsp3) is 0.762. The minimum atomic E-state index is 0. The first kappa shape index (κ1) is 24.8. The highest BCUT2D eigenvalue weighted by atomic mass is 127. The maximum absolute atomic E-state index is 5.73. The number of nitrogens with zero attached hydrogens (tertiary/aromatic N) is 2. The van der Waals surface area contributed by atoms with E-state index in [1.54, 1.807) is 0 Å². The quantitative estimate of drug-likeness (QED) is 0.219. The van der Waals surface area contributed by atoms with Crippen LogP contribution in [-0.4, -0.2) is 70.5 Å². The number of thiophene rings is 1. The minimum Gasteiger partial charge on any atom is -0.379 e. The molecule has 0 saturated carbocycles. The molecule has 2 aliphatic heterocycles. The molecule has 2 saturated heterocycles. The maximum atomic E-state index is 5.73. The summed E-state index contributed by atoms with van der Waals surface area (Å²) in [6.07, 6.45) is 6.11. The zero-order chi connectivity index (χ0) is 19.6. The lowest BCUT2D eigenvalue weighted by atomic mass is 9.88. The van der Waals surface area contributed by atoms with E-state index in [2.05, 4.69) is 45.1 Å². The van der Waals surface area contributed by atoms with Crippen LogP contribution in [0.2, 0.25) is 0 Å². The monoisotopic (exact) mass is 536 g/mol. The van der Waals surface area contributed by atoms with Gasteiger partial charge in [0.25, 0.3) is 0 Å². The molecule has 166 valence electrons. The predicted octanol–water partition coefficient (Wildman–Crippen LogP) is 3.50. The van der Waals surface area contributed by atoms with E-state index in [0.717, 1.165) is 51.7 Å². The van der Waals surface area contributed by atoms with Crippen molar-refractivity contribution in [2.45, 2.75) is 44.2 Å². The van der Waals surface area contributed by atoms with Crippen molar-refractivity contribution in [3.05, 3.63) is 22.4 Å². The van der Waals surface area contributed by atoms with E-state index in [0.29, 0.717) is 18.1 Å². The molecule has 3 atom stereocenters. The van der Waals surface area contributed by atoms with E-state index in [9.17, 15) is 0 Å². The Morgan fingerprint density at radius 3 is 2.97 bits per heavy atom. The second kappa shape index (κ2) is 13.8. The average Bonchev–Trinajstić information content (AvgIpc) is 3.41. The molecule has 0 bridgehead atoms. The molecule has 29 heavy (non-hydrogen) atoms. The van der Waals surface area contributed by atoms with Gasteiger partial charge in [0.1, 0.15) is 0 Å². The Morgan fingerprint density at radius 2 is 2.24 bits per heavy atom. The van der Waals surface area contributed by atoms with Gasteiger partial charge in [0.05, 0.1) is 12.7 Å². The standard InChI is InChI=1S/C21H36N4O2S.HI/c1-22-21(23-10-6-12-26-16-18-8-4-13-27-18)24-15-17-7-3-11-25(2)20(17)19-9-5-14-28-19;/h5,9,14,17-18,20H,3-4,6-8,10-13,15-16H2,1-2H3,(H2,22,23,24);1H. The smallest absolute Gasteiger partial charge is 0.190 e. The summed E-state index contributed by atoms with van der Waals surface area (Å²) in [7, 11) is 4.09. The third kappa shape index (κ3) is 7.97. The zero-order valence-electron chi connectivity index (χ0n) is 17.8. The molecule has 2 fully saturated rings. The Morgan fingerprint density at radius 1 is 1.34 bits per heavy atom. The minimum absolute atomic E-state index is 0. The van der Waals surface area contributed by atoms with Crippen molar-refractivity contribution in [3.63, 3.8) is 0 Å². The second-order valence-corrected chi connectivity index (χ2v) is 8.77. The van der Waals surface area contributed by atoms with Crippen LogP contribution in [0.25, 0.3) is 0 Å². The molecule has 1 aromatic heterocycles. The topological polar surface area (TPSA) is 58.1 Å². The highest BCUT2D eigenvalue weighted by Crippen LogP contribution is 2.36. The Bertz CT molecular complexity index is 581. The number of aliphatic imine (C=N–C) groups is 1. The number of rotatable bonds is 9. The molecular weight excluding hydrogens is 499 g/mol. The molecule has 0 spiro atoms. The SMILES string of the molecule is CN=C(NCCCOCC1CCCO1)NCC1CCCN(C)C1c1cccs1.I. The zero-order valence-corrected chi connectivity index (χ0v) is 20.9. The third-order valence-corrected chi connectivity index (χ3v) is 6.63. The summed E-state index contributed by atoms with van der Waals surface area (Å²) in [6, 6.07) is 4.94. The van der Waals surface area contributed by atoms with Crippen molar-refractivity contribution in [1.29, 1.82) is 0 Å². The lowest BCUT2D eigenvalue weighted by Gasteiger charge is -2.39. The van der Waals surface area contributed by atoms with Crippen LogP contribution in [0.1, 0.15) is 43.0 Å². The molecule has 1 aromatic rings. The van der Waals surface area contributed by atoms with Crippen LogP contribution >= 0.6 is 35.3 Å². The summed E-state index contributed by atoms with van der Waals surface area (Å²) in [4.78, 5) is 8.36. The van der Waals surface area contributed by atoms with Gasteiger partial charge in [-0.2, -0.15) is 0 Å². The summed E-state index contributed by atoms with van der Waals surface area (Å²) in [5.41, 5.74) is 0. The first-order chi connectivity index (χ1) is 13.8. The molecule has 3 heterocycles. The number of hydrogen-bond acceptors (Lipinski definition) is 5. The van der Waals surface area contributed by atoms with Gasteiger partial charge in [-0.15, -0.1) is 35.3 Å². The van der Waals surface area contributed by atoms with Crippen LogP contribution in [0.4, 0.5) is 0 Å². The van der Waals surface area contributed by atoms with Crippen molar-refractivity contribution in [1.82, 2.24) is 15.5 Å². The van der Waals surface area contributed by atoms with Crippen molar-refractivity contribution in [2.75, 3.05) is 53.6 Å². The van der Waals surface area contributed by atoms with Gasteiger partial charge in [-0.05, 0) is 63.1 Å². The van der Waals surface area contributed by atoms with Crippen molar-refractivity contribution >= 4 is 41.3 Å². The first-order valence-corrected chi connectivity index (χ1v) is 11.5. The number of guanidine groups is 1. The number of piperidine rings is 1. The molecule has 3 unspecified atom stereocenters. The van der Waals surface area contributed by atoms with Crippen LogP contribution in [-0.2, 0) is 9.47 Å². The molecule has 6 nitrogen and oxygen atoms in total. The molecule has 0 amide bonds. The number of likely N-dealkylation sites (tertiary alicyclic amines) is 1. The summed E-state index contributed by atoms with van der Waals surface area (Å²) in [5.74, 6) is 1.49. The van der Waals surface area contributed by atoms with E-state index in [4.69, 9.17) is 9.47 Å². The van der Waals surface area contributed by atoms with Crippen molar-refractivity contribution in [2.24, 2.45) is 10.9 Å². The van der Waals surface area contributed by atoms with Crippen LogP contribution in [0, 0.1) is 5.92 Å². The normalized spacial score (nSPS) is 25.6. The molecule has 0 aliphatic carbocycles. The Labute approximate surface area is 196 Å². The van der Waals surface area contributed by atoms with Crippen LogP contribution in [0.3, 0.4) is 0 Å². The fourth-order valence-corrected chi connectivity index (χ4v) is 5.19. The third-order valence-electron chi connectivity index (χ3n) is 5.68. The number of nitrogens with one attached hydrogen (secondary N) is 2. The number of halogens is 1. The first-order valence-electron chi connectivity index (χ1n) is 10.7. The lowest BCUT2D eigenvalue weighted by molar-refractivity contribution is 0.0168. The van der Waals surface area contributed by atoms with E-state index in [1.807, 2.05) is 18.4 Å². The van der Waals surface area contributed by atoms with Gasteiger partial charge in [-0.25, -0.2) is 0 Å². The molecule has 2 N–H and O–H groups in total. The van der Waals surface area contributed by atoms with E-state index >= 15 is 0 Å². The van der Waals surface area contributed by atoms with Gasteiger partial charge >= 0.3 is 0 Å². The van der Waals surface area contributed by atoms with Crippen molar-refractivity contribution in [3.8, 4) is 0 Å². The van der Waals surface area contributed by atoms with E-state index in [1.165, 1.54) is 30.7 Å². The molecule has 8 heteroatoms. The Balaban J connectivity index is 0.00000300. The Hall–Kier alpha value is -0.420. The maximum Gasteiger partial charge on any atom is 0.190 e. The van der Waals surface area contributed by atoms with Gasteiger partial charge < -0.3 is 20.1 Å². The van der Waals surface area contributed by atoms with Gasteiger partial charge in [0.15, 0.2) is 5.96 Å². The van der Waals surface area contributed by atoms with Crippen LogP contribution in [0.15, 0.2) is 22.5 Å². The summed E-state index contributed by atoms with van der Waals surface area (Å²) >= 11 is 1.87. The van der Waals surface area contributed by atoms with Gasteiger partial charge in [0.2, 0.25) is 0 Å². The lowest BCUT2D eigenvalue weighted by Crippen LogP contribution is -2.45. The number of hydrogen-bond donors (Lipinski definition) is 2. The van der Waals surface area contributed by atoms with Gasteiger partial charge in [-0.3, -0.25) is 9.89 Å². The van der Waals surface area contributed by atoms with Crippen LogP contribution in [0.5, 0.6) is 0 Å². The largest absolute Gasteiger partial charge is 0.379 e. The molecular formula is C21H37IN4O2S. The summed E-state index contributed by atoms with van der Waals surface area (Å²) in [6.45, 7) is 5.37. The van der Waals surface area contributed by atoms with Crippen LogP contribution < -0.4 is 10.6 Å². The molecule has 0 radical (unpaired) electrons. The highest BCUT2D eigenvalue weighted by Gasteiger charge is 2.31. The Kier molecular flexibility index (Phi) is 11.8. The van der Waals surface area contributed by atoms with E-state index in [-0.39, 0.29) is 24.0 Å². The van der Waals surface area contributed by atoms with Crippen molar-refractivity contribution < 1.29 is 9.47 Å².